The molecule has 0 unspecified atom stereocenters. The minimum atomic E-state index is -0.732. The van der Waals surface area contributed by atoms with Crippen molar-refractivity contribution in [2.24, 2.45) is 0 Å². The Labute approximate surface area is 172 Å². The van der Waals surface area contributed by atoms with Gasteiger partial charge in [-0.15, -0.1) is 0 Å². The van der Waals surface area contributed by atoms with E-state index in [1.54, 1.807) is 26.0 Å². The van der Waals surface area contributed by atoms with Gasteiger partial charge in [-0.05, 0) is 32.4 Å². The number of hydrogen-bond acceptors (Lipinski definition) is 7. The third-order valence-electron chi connectivity index (χ3n) is 4.92. The molecule has 160 valence electrons. The second-order valence-corrected chi connectivity index (χ2v) is 7.04. The first-order chi connectivity index (χ1) is 14.3. The molecule has 30 heavy (non-hydrogen) atoms. The van der Waals surface area contributed by atoms with Crippen molar-refractivity contribution >= 4 is 17.4 Å². The van der Waals surface area contributed by atoms with Crippen LogP contribution in [0.3, 0.4) is 0 Å². The molecule has 0 aliphatic carbocycles. The quantitative estimate of drug-likeness (QED) is 0.572. The van der Waals surface area contributed by atoms with Crippen LogP contribution in [0.2, 0.25) is 0 Å². The van der Waals surface area contributed by atoms with E-state index < -0.39 is 17.2 Å². The SMILES string of the molecule is CCCCn1c(N)c(N(Cc2ccco2)C(=O)Cc2c(C)noc2C)c(=O)[nH]c1=O. The lowest BCUT2D eigenvalue weighted by Gasteiger charge is -2.24. The Balaban J connectivity index is 2.07. The summed E-state index contributed by atoms with van der Waals surface area (Å²) in [6, 6.07) is 3.37. The number of nitrogens with two attached hydrogens (primary N) is 1. The van der Waals surface area contributed by atoms with Gasteiger partial charge in [0, 0.05) is 12.1 Å². The molecule has 3 N–H and O–H groups in total. The van der Waals surface area contributed by atoms with E-state index in [9.17, 15) is 14.4 Å². The minimum Gasteiger partial charge on any atom is -0.467 e. The molecule has 10 nitrogen and oxygen atoms in total. The first kappa shape index (κ1) is 21.2. The second kappa shape index (κ2) is 8.85. The summed E-state index contributed by atoms with van der Waals surface area (Å²) in [5.74, 6) is 0.523. The molecule has 3 aromatic rings. The zero-order valence-electron chi connectivity index (χ0n) is 17.2. The van der Waals surface area contributed by atoms with E-state index in [0.717, 1.165) is 6.42 Å². The molecular formula is C20H25N5O5. The third kappa shape index (κ3) is 4.22. The summed E-state index contributed by atoms with van der Waals surface area (Å²) >= 11 is 0. The van der Waals surface area contributed by atoms with Gasteiger partial charge in [0.15, 0.2) is 5.69 Å². The average molecular weight is 415 g/mol. The monoisotopic (exact) mass is 415 g/mol. The number of unbranched alkanes of at least 4 members (excludes halogenated alkanes) is 1. The summed E-state index contributed by atoms with van der Waals surface area (Å²) in [6.45, 7) is 5.74. The summed E-state index contributed by atoms with van der Waals surface area (Å²) in [5.41, 5.74) is 6.02. The second-order valence-electron chi connectivity index (χ2n) is 7.04. The maximum absolute atomic E-state index is 13.3. The molecule has 0 aliphatic rings. The fraction of sp³-hybridized carbons (Fsp3) is 0.400. The predicted octanol–water partition coefficient (Wildman–Crippen LogP) is 1.89. The maximum Gasteiger partial charge on any atom is 0.330 e. The Morgan fingerprint density at radius 2 is 2.10 bits per heavy atom. The number of amides is 1. The normalized spacial score (nSPS) is 11.0. The fourth-order valence-electron chi connectivity index (χ4n) is 3.23. The number of H-pyrrole nitrogens is 1. The largest absolute Gasteiger partial charge is 0.467 e. The molecule has 0 atom stereocenters. The lowest BCUT2D eigenvalue weighted by Crippen LogP contribution is -2.41. The van der Waals surface area contributed by atoms with Crippen molar-refractivity contribution in [2.75, 3.05) is 10.6 Å². The van der Waals surface area contributed by atoms with Crippen LogP contribution < -0.4 is 21.9 Å². The Bertz CT molecular complexity index is 1120. The molecule has 1 amide bonds. The van der Waals surface area contributed by atoms with Crippen LogP contribution in [0.15, 0.2) is 36.9 Å². The lowest BCUT2D eigenvalue weighted by molar-refractivity contribution is -0.118. The van der Waals surface area contributed by atoms with Crippen LogP contribution in [0, 0.1) is 13.8 Å². The van der Waals surface area contributed by atoms with E-state index in [-0.39, 0.29) is 24.5 Å². The molecule has 0 radical (unpaired) electrons. The summed E-state index contributed by atoms with van der Waals surface area (Å²) in [6.07, 6.45) is 2.96. The van der Waals surface area contributed by atoms with Gasteiger partial charge in [0.25, 0.3) is 5.56 Å². The van der Waals surface area contributed by atoms with E-state index in [1.165, 1.54) is 15.7 Å². The van der Waals surface area contributed by atoms with Gasteiger partial charge in [0.05, 0.1) is 24.9 Å². The standard InChI is InChI=1S/C20H25N5O5/c1-4-5-8-24-18(21)17(19(27)22-20(24)28)25(11-14-7-6-9-29-14)16(26)10-15-12(2)23-30-13(15)3/h6-7,9H,4-5,8,10-11,21H2,1-3H3,(H,22,27,28). The zero-order valence-corrected chi connectivity index (χ0v) is 17.2. The molecule has 3 aromatic heterocycles. The lowest BCUT2D eigenvalue weighted by atomic mass is 10.1. The van der Waals surface area contributed by atoms with Crippen LogP contribution in [0.1, 0.15) is 42.5 Å². The van der Waals surface area contributed by atoms with Crippen LogP contribution in [0.4, 0.5) is 11.5 Å². The summed E-state index contributed by atoms with van der Waals surface area (Å²) in [4.78, 5) is 41.7. The third-order valence-corrected chi connectivity index (χ3v) is 4.92. The number of carbonyl (C=O) groups excluding carboxylic acids is 1. The number of anilines is 2. The van der Waals surface area contributed by atoms with Crippen molar-refractivity contribution in [3.05, 3.63) is 62.0 Å². The average Bonchev–Trinajstić information content (AvgIpc) is 3.32. The van der Waals surface area contributed by atoms with E-state index in [0.29, 0.717) is 35.7 Å². The number of aromatic amines is 1. The molecule has 3 rings (SSSR count). The highest BCUT2D eigenvalue weighted by Crippen LogP contribution is 2.23. The number of nitrogen functional groups attached to an aromatic ring is 1. The molecule has 0 aromatic carbocycles. The van der Waals surface area contributed by atoms with Gasteiger partial charge in [0.1, 0.15) is 17.3 Å². The van der Waals surface area contributed by atoms with Gasteiger partial charge in [-0.3, -0.25) is 24.0 Å². The fourth-order valence-corrected chi connectivity index (χ4v) is 3.23. The topological polar surface area (TPSA) is 140 Å². The summed E-state index contributed by atoms with van der Waals surface area (Å²) in [5, 5.41) is 3.87. The predicted molar refractivity (Wildman–Crippen MR) is 110 cm³/mol. The van der Waals surface area contributed by atoms with E-state index in [4.69, 9.17) is 14.7 Å². The molecule has 10 heteroatoms. The van der Waals surface area contributed by atoms with Crippen molar-refractivity contribution in [2.45, 2.75) is 53.1 Å². The Kier molecular flexibility index (Phi) is 6.24. The van der Waals surface area contributed by atoms with Crippen LogP contribution >= 0.6 is 0 Å². The highest BCUT2D eigenvalue weighted by molar-refractivity contribution is 5.96. The minimum absolute atomic E-state index is 0.0194. The van der Waals surface area contributed by atoms with E-state index in [2.05, 4.69) is 10.1 Å². The molecule has 0 fully saturated rings. The molecule has 0 aliphatic heterocycles. The smallest absolute Gasteiger partial charge is 0.330 e. The number of furan rings is 1. The zero-order chi connectivity index (χ0) is 21.8. The highest BCUT2D eigenvalue weighted by Gasteiger charge is 2.27. The van der Waals surface area contributed by atoms with Crippen molar-refractivity contribution in [1.29, 1.82) is 0 Å². The molecule has 3 heterocycles. The number of aromatic nitrogens is 3. The van der Waals surface area contributed by atoms with Gasteiger partial charge in [-0.1, -0.05) is 18.5 Å². The molecule has 0 bridgehead atoms. The van der Waals surface area contributed by atoms with E-state index >= 15 is 0 Å². The number of aryl methyl sites for hydroxylation is 2. The number of hydrogen-bond donors (Lipinski definition) is 2. The van der Waals surface area contributed by atoms with Crippen LogP contribution in [0.5, 0.6) is 0 Å². The number of rotatable bonds is 8. The van der Waals surface area contributed by atoms with Gasteiger partial charge >= 0.3 is 5.69 Å². The van der Waals surface area contributed by atoms with Crippen molar-refractivity contribution < 1.29 is 13.7 Å². The number of carbonyl (C=O) groups is 1. The van der Waals surface area contributed by atoms with Crippen molar-refractivity contribution in [3.8, 4) is 0 Å². The summed E-state index contributed by atoms with van der Waals surface area (Å²) in [7, 11) is 0. The molecule has 0 saturated carbocycles. The Morgan fingerprint density at radius 3 is 2.70 bits per heavy atom. The molecule has 0 saturated heterocycles. The number of nitrogens with zero attached hydrogens (tertiary/aromatic N) is 3. The Hall–Kier alpha value is -3.56. The number of nitrogens with one attached hydrogen (secondary N) is 1. The van der Waals surface area contributed by atoms with Crippen molar-refractivity contribution in [3.63, 3.8) is 0 Å². The molecule has 0 spiro atoms. The van der Waals surface area contributed by atoms with Gasteiger partial charge in [0.2, 0.25) is 5.91 Å². The molecular weight excluding hydrogens is 390 g/mol. The summed E-state index contributed by atoms with van der Waals surface area (Å²) < 4.78 is 11.8. The van der Waals surface area contributed by atoms with Gasteiger partial charge in [-0.25, -0.2) is 4.79 Å². The van der Waals surface area contributed by atoms with E-state index in [1.807, 2.05) is 6.92 Å². The van der Waals surface area contributed by atoms with Gasteiger partial charge < -0.3 is 14.7 Å². The van der Waals surface area contributed by atoms with Gasteiger partial charge in [-0.2, -0.15) is 0 Å². The first-order valence-electron chi connectivity index (χ1n) is 9.70. The highest BCUT2D eigenvalue weighted by atomic mass is 16.5. The maximum atomic E-state index is 13.3. The first-order valence-corrected chi connectivity index (χ1v) is 9.70. The van der Waals surface area contributed by atoms with Crippen LogP contribution in [-0.2, 0) is 24.3 Å². The van der Waals surface area contributed by atoms with Crippen LogP contribution in [-0.4, -0.2) is 20.6 Å². The van der Waals surface area contributed by atoms with Crippen molar-refractivity contribution in [1.82, 2.24) is 14.7 Å². The van der Waals surface area contributed by atoms with Crippen LogP contribution in [0.25, 0.3) is 0 Å². The Morgan fingerprint density at radius 1 is 1.33 bits per heavy atom.